The van der Waals surface area contributed by atoms with Crippen LogP contribution in [-0.2, 0) is 0 Å². The minimum atomic E-state index is -1.07. The molecule has 0 aliphatic carbocycles. The summed E-state index contributed by atoms with van der Waals surface area (Å²) in [5.74, 6) is -1.56. The fourth-order valence-corrected chi connectivity index (χ4v) is 4.34. The minimum absolute atomic E-state index is 0.0709. The maximum absolute atomic E-state index is 14.0. The van der Waals surface area contributed by atoms with Gasteiger partial charge in [-0.15, -0.1) is 0 Å². The number of aromatic nitrogens is 3. The SMILES string of the molecule is CC(CF)c1c(-c2cccc3[nH]ccc23)[nH]c(C(=O)O)c1-c1cccc2[nH]ccc12. The van der Waals surface area contributed by atoms with Crippen molar-refractivity contribution in [1.82, 2.24) is 15.0 Å². The Morgan fingerprint density at radius 3 is 2.17 bits per heavy atom. The highest BCUT2D eigenvalue weighted by Crippen LogP contribution is 2.43. The van der Waals surface area contributed by atoms with Gasteiger partial charge in [-0.25, -0.2) is 4.79 Å². The number of carbonyl (C=O) groups is 1. The maximum Gasteiger partial charge on any atom is 0.352 e. The molecule has 0 amide bonds. The molecule has 0 fully saturated rings. The summed E-state index contributed by atoms with van der Waals surface area (Å²) < 4.78 is 14.0. The molecule has 0 bridgehead atoms. The Kier molecular flexibility index (Phi) is 4.20. The molecule has 0 saturated carbocycles. The molecular weight excluding hydrogens is 381 g/mol. The molecule has 0 aliphatic heterocycles. The van der Waals surface area contributed by atoms with E-state index >= 15 is 0 Å². The monoisotopic (exact) mass is 401 g/mol. The molecule has 6 heteroatoms. The van der Waals surface area contributed by atoms with Crippen molar-refractivity contribution in [1.29, 1.82) is 0 Å². The van der Waals surface area contributed by atoms with Gasteiger partial charge in [-0.05, 0) is 35.4 Å². The van der Waals surface area contributed by atoms with Crippen molar-refractivity contribution in [2.24, 2.45) is 0 Å². The summed E-state index contributed by atoms with van der Waals surface area (Å²) >= 11 is 0. The predicted molar refractivity (Wildman–Crippen MR) is 117 cm³/mol. The highest BCUT2D eigenvalue weighted by molar-refractivity contribution is 6.06. The Labute approximate surface area is 171 Å². The second-order valence-corrected chi connectivity index (χ2v) is 7.51. The molecule has 3 aromatic heterocycles. The average Bonchev–Trinajstić information content (AvgIpc) is 3.49. The van der Waals surface area contributed by atoms with Gasteiger partial charge in [0.2, 0.25) is 0 Å². The van der Waals surface area contributed by atoms with Gasteiger partial charge in [-0.1, -0.05) is 31.2 Å². The number of alkyl halides is 1. The van der Waals surface area contributed by atoms with Crippen molar-refractivity contribution in [3.63, 3.8) is 0 Å². The van der Waals surface area contributed by atoms with Crippen LogP contribution in [0.4, 0.5) is 4.39 Å². The predicted octanol–water partition coefficient (Wildman–Crippen LogP) is 6.08. The number of aromatic amines is 3. The van der Waals surface area contributed by atoms with Gasteiger partial charge < -0.3 is 20.1 Å². The molecule has 4 N–H and O–H groups in total. The van der Waals surface area contributed by atoms with E-state index < -0.39 is 18.6 Å². The number of fused-ring (bicyclic) bond motifs is 2. The van der Waals surface area contributed by atoms with Gasteiger partial charge in [-0.2, -0.15) is 0 Å². The molecule has 2 aromatic carbocycles. The van der Waals surface area contributed by atoms with Crippen LogP contribution in [0.3, 0.4) is 0 Å². The van der Waals surface area contributed by atoms with Crippen LogP contribution in [0.2, 0.25) is 0 Å². The number of carboxylic acids is 1. The van der Waals surface area contributed by atoms with E-state index in [4.69, 9.17) is 0 Å². The van der Waals surface area contributed by atoms with Crippen molar-refractivity contribution in [2.45, 2.75) is 12.8 Å². The van der Waals surface area contributed by atoms with Crippen LogP contribution in [0.1, 0.15) is 28.9 Å². The van der Waals surface area contributed by atoms with Crippen LogP contribution in [0, 0.1) is 0 Å². The number of nitrogens with one attached hydrogen (secondary N) is 3. The Balaban J connectivity index is 1.90. The summed E-state index contributed by atoms with van der Waals surface area (Å²) in [6, 6.07) is 15.4. The number of hydrogen-bond donors (Lipinski definition) is 4. The van der Waals surface area contributed by atoms with E-state index in [1.807, 2.05) is 60.9 Å². The molecule has 150 valence electrons. The van der Waals surface area contributed by atoms with E-state index in [0.717, 1.165) is 32.9 Å². The van der Waals surface area contributed by atoms with Crippen LogP contribution in [0.5, 0.6) is 0 Å². The number of carboxylic acid groups (broad SMARTS) is 1. The highest BCUT2D eigenvalue weighted by atomic mass is 19.1. The third-order valence-corrected chi connectivity index (χ3v) is 5.71. The molecule has 0 spiro atoms. The lowest BCUT2D eigenvalue weighted by Crippen LogP contribution is -2.02. The number of benzene rings is 2. The molecule has 0 radical (unpaired) electrons. The van der Waals surface area contributed by atoms with Crippen LogP contribution in [0.25, 0.3) is 44.2 Å². The first-order valence-electron chi connectivity index (χ1n) is 9.78. The number of halogens is 1. The molecule has 1 unspecified atom stereocenters. The van der Waals surface area contributed by atoms with E-state index in [2.05, 4.69) is 15.0 Å². The zero-order chi connectivity index (χ0) is 20.8. The third kappa shape index (κ3) is 2.64. The van der Waals surface area contributed by atoms with E-state index in [9.17, 15) is 14.3 Å². The number of rotatable bonds is 5. The summed E-state index contributed by atoms with van der Waals surface area (Å²) in [4.78, 5) is 21.7. The van der Waals surface area contributed by atoms with E-state index in [1.165, 1.54) is 0 Å². The number of hydrogen-bond acceptors (Lipinski definition) is 1. The smallest absolute Gasteiger partial charge is 0.352 e. The van der Waals surface area contributed by atoms with Crippen LogP contribution in [0.15, 0.2) is 60.9 Å². The molecule has 1 atom stereocenters. The van der Waals surface area contributed by atoms with Gasteiger partial charge in [-0.3, -0.25) is 4.39 Å². The standard InChI is InChI=1S/C24H20FN3O2/c1-13(12-25)20-21(16-4-2-6-18-14(16)8-10-26-18)23(24(29)30)28-22(20)17-5-3-7-19-15(17)9-11-27-19/h2-11,13,26-28H,12H2,1H3,(H,29,30). The lowest BCUT2D eigenvalue weighted by atomic mass is 9.88. The lowest BCUT2D eigenvalue weighted by molar-refractivity contribution is 0.0692. The number of H-pyrrole nitrogens is 3. The van der Waals surface area contributed by atoms with E-state index in [1.54, 1.807) is 6.92 Å². The van der Waals surface area contributed by atoms with Crippen molar-refractivity contribution >= 4 is 27.8 Å². The lowest BCUT2D eigenvalue weighted by Gasteiger charge is -2.14. The summed E-state index contributed by atoms with van der Waals surface area (Å²) in [6.45, 7) is 1.19. The molecule has 30 heavy (non-hydrogen) atoms. The van der Waals surface area contributed by atoms with Crippen molar-refractivity contribution < 1.29 is 14.3 Å². The Bertz CT molecular complexity index is 1390. The largest absolute Gasteiger partial charge is 0.477 e. The fraction of sp³-hybridized carbons (Fsp3) is 0.125. The van der Waals surface area contributed by atoms with E-state index in [-0.39, 0.29) is 5.69 Å². The van der Waals surface area contributed by atoms with Crippen molar-refractivity contribution in [3.05, 3.63) is 72.2 Å². The van der Waals surface area contributed by atoms with Gasteiger partial charge in [0.1, 0.15) is 5.69 Å². The minimum Gasteiger partial charge on any atom is -0.477 e. The third-order valence-electron chi connectivity index (χ3n) is 5.71. The topological polar surface area (TPSA) is 84.7 Å². The normalized spacial score (nSPS) is 12.6. The Morgan fingerprint density at radius 1 is 0.967 bits per heavy atom. The molecule has 0 aliphatic rings. The van der Waals surface area contributed by atoms with Crippen LogP contribution < -0.4 is 0 Å². The highest BCUT2D eigenvalue weighted by Gasteiger charge is 2.28. The second kappa shape index (κ2) is 6.91. The zero-order valence-electron chi connectivity index (χ0n) is 16.3. The molecular formula is C24H20FN3O2. The molecule has 5 aromatic rings. The van der Waals surface area contributed by atoms with Crippen LogP contribution >= 0.6 is 0 Å². The summed E-state index contributed by atoms with van der Waals surface area (Å²) in [5, 5.41) is 11.9. The van der Waals surface area contributed by atoms with Gasteiger partial charge in [0.25, 0.3) is 0 Å². The van der Waals surface area contributed by atoms with Crippen molar-refractivity contribution in [2.75, 3.05) is 6.67 Å². The van der Waals surface area contributed by atoms with Gasteiger partial charge in [0.15, 0.2) is 0 Å². The first kappa shape index (κ1) is 18.2. The quantitative estimate of drug-likeness (QED) is 0.288. The van der Waals surface area contributed by atoms with Gasteiger partial charge >= 0.3 is 5.97 Å². The Hall–Kier alpha value is -3.80. The van der Waals surface area contributed by atoms with Crippen LogP contribution in [-0.4, -0.2) is 32.7 Å². The first-order chi connectivity index (χ1) is 14.6. The number of aromatic carboxylic acids is 1. The summed E-state index contributed by atoms with van der Waals surface area (Å²) in [5.41, 5.74) is 5.39. The van der Waals surface area contributed by atoms with Gasteiger partial charge in [0.05, 0.1) is 12.4 Å². The maximum atomic E-state index is 14.0. The summed E-state index contributed by atoms with van der Waals surface area (Å²) in [6.07, 6.45) is 3.66. The van der Waals surface area contributed by atoms with Crippen molar-refractivity contribution in [3.8, 4) is 22.4 Å². The summed E-state index contributed by atoms with van der Waals surface area (Å²) in [7, 11) is 0. The average molecular weight is 401 g/mol. The van der Waals surface area contributed by atoms with Gasteiger partial charge in [0, 0.05) is 51.2 Å². The molecule has 3 heterocycles. The molecule has 5 nitrogen and oxygen atoms in total. The molecule has 5 rings (SSSR count). The fourth-order valence-electron chi connectivity index (χ4n) is 4.34. The zero-order valence-corrected chi connectivity index (χ0v) is 16.3. The second-order valence-electron chi connectivity index (χ2n) is 7.51. The van der Waals surface area contributed by atoms with E-state index in [0.29, 0.717) is 16.8 Å². The molecule has 0 saturated heterocycles. The first-order valence-corrected chi connectivity index (χ1v) is 9.78. The Morgan fingerprint density at radius 2 is 1.57 bits per heavy atom.